The van der Waals surface area contributed by atoms with Gasteiger partial charge in [-0.3, -0.25) is 4.68 Å². The molecule has 7 nitrogen and oxygen atoms in total. The van der Waals surface area contributed by atoms with Crippen molar-refractivity contribution >= 4 is 11.8 Å². The van der Waals surface area contributed by atoms with Crippen LogP contribution in [-0.2, 0) is 17.9 Å². The van der Waals surface area contributed by atoms with E-state index in [1.54, 1.807) is 10.9 Å². The van der Waals surface area contributed by atoms with E-state index >= 15 is 0 Å². The molecule has 132 valence electrons. The van der Waals surface area contributed by atoms with Crippen LogP contribution in [-0.4, -0.2) is 46.0 Å². The molecule has 0 spiro atoms. The van der Waals surface area contributed by atoms with E-state index in [1.165, 1.54) is 13.5 Å². The summed E-state index contributed by atoms with van der Waals surface area (Å²) in [5.41, 5.74) is 2.61. The van der Waals surface area contributed by atoms with Gasteiger partial charge >= 0.3 is 5.97 Å². The summed E-state index contributed by atoms with van der Waals surface area (Å²) < 4.78 is 6.68. The molecule has 0 aromatic carbocycles. The Labute approximate surface area is 146 Å². The minimum absolute atomic E-state index is 0.181. The van der Waals surface area contributed by atoms with Crippen LogP contribution in [0.1, 0.15) is 33.7 Å². The summed E-state index contributed by atoms with van der Waals surface area (Å²) in [7, 11) is 1.53. The van der Waals surface area contributed by atoms with Crippen LogP contribution in [0.3, 0.4) is 0 Å². The fraction of sp³-hybridized carbons (Fsp3) is 0.500. The van der Waals surface area contributed by atoms with Crippen LogP contribution in [0.4, 0.5) is 5.82 Å². The van der Waals surface area contributed by atoms with Crippen molar-refractivity contribution in [3.05, 3.63) is 40.8 Å². The number of methoxy groups -OCH3 is 1. The number of hydrogen-bond acceptors (Lipinski definition) is 5. The summed E-state index contributed by atoms with van der Waals surface area (Å²) in [6.45, 7) is 4.92. The van der Waals surface area contributed by atoms with Gasteiger partial charge < -0.3 is 14.7 Å². The van der Waals surface area contributed by atoms with Crippen molar-refractivity contribution in [1.82, 2.24) is 14.8 Å². The first-order valence-corrected chi connectivity index (χ1v) is 8.55. The molecule has 2 atom stereocenters. The second-order valence-electron chi connectivity index (χ2n) is 7.00. The minimum atomic E-state index is -0.990. The van der Waals surface area contributed by atoms with Crippen LogP contribution in [0.5, 0.6) is 0 Å². The van der Waals surface area contributed by atoms with Crippen LogP contribution in [0.2, 0.25) is 0 Å². The number of carboxylic acids is 1. The first-order chi connectivity index (χ1) is 12.0. The molecule has 0 radical (unpaired) electrons. The zero-order valence-electron chi connectivity index (χ0n) is 14.5. The molecule has 1 N–H and O–H groups in total. The molecule has 2 fully saturated rings. The number of piperidine rings is 1. The number of nitrogens with zero attached hydrogens (tertiary/aromatic N) is 4. The van der Waals surface area contributed by atoms with Gasteiger partial charge in [-0.2, -0.15) is 5.10 Å². The number of aromatic carboxylic acids is 1. The van der Waals surface area contributed by atoms with Gasteiger partial charge in [-0.25, -0.2) is 9.78 Å². The number of anilines is 1. The van der Waals surface area contributed by atoms with Gasteiger partial charge in [0, 0.05) is 32.1 Å². The lowest BCUT2D eigenvalue weighted by Crippen LogP contribution is -2.23. The average Bonchev–Trinajstić information content (AvgIpc) is 3.00. The number of rotatable bonds is 6. The Bertz CT molecular complexity index is 807. The van der Waals surface area contributed by atoms with Crippen molar-refractivity contribution in [3.8, 4) is 0 Å². The number of ether oxygens (including phenoxy) is 1. The van der Waals surface area contributed by atoms with E-state index in [2.05, 4.69) is 22.1 Å². The Hall–Kier alpha value is -2.41. The number of carboxylic acid groups (broad SMARTS) is 1. The van der Waals surface area contributed by atoms with Crippen LogP contribution in [0.15, 0.2) is 18.3 Å². The maximum absolute atomic E-state index is 11.3. The molecule has 4 rings (SSSR count). The predicted molar refractivity (Wildman–Crippen MR) is 91.8 cm³/mol. The SMILES string of the molecule is COCc1nn(Cc2ccc(N3CC4CC4C3)nc2C)cc1C(=O)O. The predicted octanol–water partition coefficient (Wildman–Crippen LogP) is 1.94. The summed E-state index contributed by atoms with van der Waals surface area (Å²) in [5, 5.41) is 13.6. The van der Waals surface area contributed by atoms with Crippen molar-refractivity contribution < 1.29 is 14.6 Å². The van der Waals surface area contributed by atoms with Crippen LogP contribution < -0.4 is 4.90 Å². The number of aromatic nitrogens is 3. The van der Waals surface area contributed by atoms with Gasteiger partial charge in [-0.05, 0) is 36.8 Å². The van der Waals surface area contributed by atoms with Crippen molar-refractivity contribution in [2.75, 3.05) is 25.1 Å². The second kappa shape index (κ2) is 6.15. The lowest BCUT2D eigenvalue weighted by molar-refractivity contribution is 0.0691. The van der Waals surface area contributed by atoms with Crippen LogP contribution in [0, 0.1) is 18.8 Å². The van der Waals surface area contributed by atoms with E-state index < -0.39 is 5.97 Å². The molecule has 0 amide bonds. The minimum Gasteiger partial charge on any atom is -0.478 e. The first-order valence-electron chi connectivity index (χ1n) is 8.55. The molecule has 2 unspecified atom stereocenters. The van der Waals surface area contributed by atoms with Gasteiger partial charge in [0.2, 0.25) is 0 Å². The maximum Gasteiger partial charge on any atom is 0.339 e. The van der Waals surface area contributed by atoms with E-state index in [0.29, 0.717) is 12.2 Å². The smallest absolute Gasteiger partial charge is 0.339 e. The molecular formula is C18H22N4O3. The summed E-state index contributed by atoms with van der Waals surface area (Å²) in [4.78, 5) is 18.4. The standard InChI is InChI=1S/C18H22N4O3/c1-11-12(3-4-17(19-11)21-6-13-5-14(13)7-21)8-22-9-15(18(23)24)16(20-22)10-25-2/h3-4,9,13-14H,5-8,10H2,1-2H3,(H,23,24). The van der Waals surface area contributed by atoms with Crippen LogP contribution in [0.25, 0.3) is 0 Å². The van der Waals surface area contributed by atoms with Crippen LogP contribution >= 0.6 is 0 Å². The average molecular weight is 342 g/mol. The zero-order valence-corrected chi connectivity index (χ0v) is 14.5. The third-order valence-electron chi connectivity index (χ3n) is 5.17. The highest BCUT2D eigenvalue weighted by Gasteiger charge is 2.45. The topological polar surface area (TPSA) is 80.5 Å². The Kier molecular flexibility index (Phi) is 3.95. The third-order valence-corrected chi connectivity index (χ3v) is 5.17. The largest absolute Gasteiger partial charge is 0.478 e. The fourth-order valence-electron chi connectivity index (χ4n) is 3.64. The molecule has 25 heavy (non-hydrogen) atoms. The summed E-state index contributed by atoms with van der Waals surface area (Å²) in [5.74, 6) is 1.80. The molecule has 1 aliphatic heterocycles. The van der Waals surface area contributed by atoms with Gasteiger partial charge in [-0.1, -0.05) is 6.07 Å². The van der Waals surface area contributed by atoms with Crippen molar-refractivity contribution in [2.24, 2.45) is 11.8 Å². The second-order valence-corrected chi connectivity index (χ2v) is 7.00. The van der Waals surface area contributed by atoms with E-state index in [4.69, 9.17) is 9.72 Å². The molecular weight excluding hydrogens is 320 g/mol. The highest BCUT2D eigenvalue weighted by atomic mass is 16.5. The lowest BCUT2D eigenvalue weighted by Gasteiger charge is -2.20. The quantitative estimate of drug-likeness (QED) is 0.864. The molecule has 1 saturated carbocycles. The Morgan fingerprint density at radius 2 is 2.12 bits per heavy atom. The molecule has 2 aromatic rings. The Balaban J connectivity index is 1.52. The van der Waals surface area contributed by atoms with E-state index in [-0.39, 0.29) is 12.2 Å². The molecule has 2 aromatic heterocycles. The molecule has 7 heteroatoms. The number of hydrogen-bond donors (Lipinski definition) is 1. The van der Waals surface area contributed by atoms with Crippen molar-refractivity contribution in [1.29, 1.82) is 0 Å². The van der Waals surface area contributed by atoms with Gasteiger partial charge in [0.05, 0.1) is 13.2 Å². The van der Waals surface area contributed by atoms with Gasteiger partial charge in [0.15, 0.2) is 0 Å². The van der Waals surface area contributed by atoms with Gasteiger partial charge in [0.25, 0.3) is 0 Å². The van der Waals surface area contributed by atoms with E-state index in [9.17, 15) is 9.90 Å². The number of fused-ring (bicyclic) bond motifs is 1. The first kappa shape index (κ1) is 16.1. The summed E-state index contributed by atoms with van der Waals surface area (Å²) in [6.07, 6.45) is 2.93. The normalized spacial score (nSPS) is 21.4. The lowest BCUT2D eigenvalue weighted by atomic mass is 10.2. The van der Waals surface area contributed by atoms with Gasteiger partial charge in [0.1, 0.15) is 17.1 Å². The highest BCUT2D eigenvalue weighted by molar-refractivity contribution is 5.88. The number of pyridine rings is 1. The fourth-order valence-corrected chi connectivity index (χ4v) is 3.64. The maximum atomic E-state index is 11.3. The molecule has 2 aliphatic rings. The zero-order chi connectivity index (χ0) is 17.6. The molecule has 1 aliphatic carbocycles. The van der Waals surface area contributed by atoms with Gasteiger partial charge in [-0.15, -0.1) is 0 Å². The molecule has 3 heterocycles. The Morgan fingerprint density at radius 3 is 2.76 bits per heavy atom. The number of aryl methyl sites for hydroxylation is 1. The van der Waals surface area contributed by atoms with Crippen molar-refractivity contribution in [3.63, 3.8) is 0 Å². The van der Waals surface area contributed by atoms with E-state index in [1.807, 2.05) is 6.92 Å². The summed E-state index contributed by atoms with van der Waals surface area (Å²) in [6, 6.07) is 4.13. The summed E-state index contributed by atoms with van der Waals surface area (Å²) >= 11 is 0. The number of carbonyl (C=O) groups is 1. The molecule has 0 bridgehead atoms. The monoisotopic (exact) mass is 342 g/mol. The molecule has 1 saturated heterocycles. The highest BCUT2D eigenvalue weighted by Crippen LogP contribution is 2.45. The van der Waals surface area contributed by atoms with E-state index in [0.717, 1.165) is 42.0 Å². The third kappa shape index (κ3) is 3.11. The Morgan fingerprint density at radius 1 is 1.36 bits per heavy atom. The van der Waals surface area contributed by atoms with Crippen molar-refractivity contribution in [2.45, 2.75) is 26.5 Å².